The van der Waals surface area contributed by atoms with Gasteiger partial charge in [-0.05, 0) is 19.1 Å². The average molecular weight is 249 g/mol. The molecular formula is C11H11N3O4. The fourth-order valence-corrected chi connectivity index (χ4v) is 1.38. The van der Waals surface area contributed by atoms with Gasteiger partial charge in [0.15, 0.2) is 17.3 Å². The first-order chi connectivity index (χ1) is 8.61. The predicted octanol–water partition coefficient (Wildman–Crippen LogP) is 1.34. The van der Waals surface area contributed by atoms with Crippen molar-refractivity contribution in [2.45, 2.75) is 6.92 Å². The topological polar surface area (TPSA) is 97.5 Å². The van der Waals surface area contributed by atoms with Crippen molar-refractivity contribution in [2.24, 2.45) is 0 Å². The highest BCUT2D eigenvalue weighted by atomic mass is 16.5. The van der Waals surface area contributed by atoms with Gasteiger partial charge in [-0.3, -0.25) is 10.1 Å². The largest absolute Gasteiger partial charge is 0.504 e. The van der Waals surface area contributed by atoms with Crippen LogP contribution in [0.1, 0.15) is 16.2 Å². The zero-order chi connectivity index (χ0) is 13.1. The van der Waals surface area contributed by atoms with Gasteiger partial charge in [-0.15, -0.1) is 0 Å². The number of aromatic nitrogens is 2. The lowest BCUT2D eigenvalue weighted by atomic mass is 10.1. The molecule has 2 N–H and O–H groups in total. The van der Waals surface area contributed by atoms with Crippen LogP contribution >= 0.6 is 0 Å². The molecule has 0 saturated carbocycles. The van der Waals surface area contributed by atoms with Crippen LogP contribution in [-0.2, 0) is 0 Å². The molecule has 1 heterocycles. The number of para-hydroxylation sites is 1. The van der Waals surface area contributed by atoms with Crippen LogP contribution in [0, 0.1) is 6.92 Å². The lowest BCUT2D eigenvalue weighted by molar-refractivity contribution is 0.102. The number of amides is 1. The van der Waals surface area contributed by atoms with E-state index in [0.717, 1.165) is 0 Å². The summed E-state index contributed by atoms with van der Waals surface area (Å²) in [6.45, 7) is 1.63. The smallest absolute Gasteiger partial charge is 0.328 e. The molecule has 0 spiro atoms. The van der Waals surface area contributed by atoms with Crippen molar-refractivity contribution in [2.75, 3.05) is 12.4 Å². The number of phenols is 1. The van der Waals surface area contributed by atoms with E-state index in [0.29, 0.717) is 5.82 Å². The van der Waals surface area contributed by atoms with Crippen molar-refractivity contribution >= 4 is 11.9 Å². The first-order valence-corrected chi connectivity index (χ1v) is 5.09. The highest BCUT2D eigenvalue weighted by molar-refractivity contribution is 6.05. The molecule has 7 heteroatoms. The van der Waals surface area contributed by atoms with Crippen LogP contribution in [0.3, 0.4) is 0 Å². The van der Waals surface area contributed by atoms with Gasteiger partial charge >= 0.3 is 6.01 Å². The lowest BCUT2D eigenvalue weighted by Crippen LogP contribution is -2.12. The van der Waals surface area contributed by atoms with Gasteiger partial charge < -0.3 is 14.4 Å². The summed E-state index contributed by atoms with van der Waals surface area (Å²) in [6.07, 6.45) is 0. The van der Waals surface area contributed by atoms with Crippen LogP contribution in [0.25, 0.3) is 0 Å². The first-order valence-electron chi connectivity index (χ1n) is 5.09. The minimum Gasteiger partial charge on any atom is -0.504 e. The van der Waals surface area contributed by atoms with Crippen molar-refractivity contribution in [3.8, 4) is 11.5 Å². The van der Waals surface area contributed by atoms with Crippen LogP contribution < -0.4 is 10.1 Å². The number of aromatic hydroxyl groups is 1. The van der Waals surface area contributed by atoms with Gasteiger partial charge in [-0.25, -0.2) is 0 Å². The lowest BCUT2D eigenvalue weighted by Gasteiger charge is -2.07. The van der Waals surface area contributed by atoms with E-state index in [1.165, 1.54) is 13.2 Å². The summed E-state index contributed by atoms with van der Waals surface area (Å²) in [6, 6.07) is 4.56. The second kappa shape index (κ2) is 4.74. The molecule has 2 aromatic rings. The third kappa shape index (κ3) is 2.24. The monoisotopic (exact) mass is 249 g/mol. The second-order valence-corrected chi connectivity index (χ2v) is 3.46. The molecule has 94 valence electrons. The Labute approximate surface area is 102 Å². The molecule has 0 fully saturated rings. The number of nitrogens with one attached hydrogen (secondary N) is 1. The summed E-state index contributed by atoms with van der Waals surface area (Å²) < 4.78 is 9.66. The maximum atomic E-state index is 11.9. The summed E-state index contributed by atoms with van der Waals surface area (Å²) in [5, 5.41) is 15.7. The summed E-state index contributed by atoms with van der Waals surface area (Å²) in [5.74, 6) is -0.187. The Morgan fingerprint density at radius 2 is 2.28 bits per heavy atom. The maximum Gasteiger partial charge on any atom is 0.328 e. The fourth-order valence-electron chi connectivity index (χ4n) is 1.38. The van der Waals surface area contributed by atoms with Gasteiger partial charge in [-0.1, -0.05) is 11.2 Å². The minimum absolute atomic E-state index is 0.0280. The number of benzene rings is 1. The number of phenolic OH excluding ortho intramolecular Hbond substituents is 1. The van der Waals surface area contributed by atoms with Gasteiger partial charge in [0.2, 0.25) is 0 Å². The van der Waals surface area contributed by atoms with Crippen LogP contribution in [0.2, 0.25) is 0 Å². The number of carbonyl (C=O) groups excluding carboxylic acids is 1. The number of hydrogen-bond donors (Lipinski definition) is 2. The Kier molecular flexibility index (Phi) is 3.13. The number of aryl methyl sites for hydroxylation is 1. The molecule has 0 unspecified atom stereocenters. The zero-order valence-corrected chi connectivity index (χ0v) is 9.80. The molecule has 1 amide bonds. The molecule has 1 aromatic heterocycles. The SMILES string of the molecule is COc1cccc(C(=O)Nc2nc(C)no2)c1O. The number of rotatable bonds is 3. The highest BCUT2D eigenvalue weighted by Crippen LogP contribution is 2.29. The summed E-state index contributed by atoms with van der Waals surface area (Å²) in [5.41, 5.74) is 0.0604. The quantitative estimate of drug-likeness (QED) is 0.851. The summed E-state index contributed by atoms with van der Waals surface area (Å²) in [4.78, 5) is 15.7. The average Bonchev–Trinajstić information content (AvgIpc) is 2.75. The number of ether oxygens (including phenoxy) is 1. The van der Waals surface area contributed by atoms with Crippen molar-refractivity contribution < 1.29 is 19.2 Å². The van der Waals surface area contributed by atoms with Crippen molar-refractivity contribution in [1.29, 1.82) is 0 Å². The Morgan fingerprint density at radius 3 is 2.89 bits per heavy atom. The number of anilines is 1. The molecule has 0 saturated heterocycles. The molecule has 0 radical (unpaired) electrons. The van der Waals surface area contributed by atoms with E-state index in [1.807, 2.05) is 0 Å². The third-order valence-corrected chi connectivity index (χ3v) is 2.21. The van der Waals surface area contributed by atoms with E-state index >= 15 is 0 Å². The minimum atomic E-state index is -0.560. The van der Waals surface area contributed by atoms with Crippen molar-refractivity contribution in [3.63, 3.8) is 0 Å². The van der Waals surface area contributed by atoms with Gasteiger partial charge in [0.25, 0.3) is 5.91 Å². The Balaban J connectivity index is 2.24. The molecule has 0 bridgehead atoms. The normalized spacial score (nSPS) is 10.1. The maximum absolute atomic E-state index is 11.9. The molecule has 0 aliphatic heterocycles. The van der Waals surface area contributed by atoms with Crippen molar-refractivity contribution in [1.82, 2.24) is 10.1 Å². The first kappa shape index (κ1) is 11.9. The molecule has 0 atom stereocenters. The zero-order valence-electron chi connectivity index (χ0n) is 9.80. The van der Waals surface area contributed by atoms with E-state index in [4.69, 9.17) is 9.26 Å². The number of nitrogens with zero attached hydrogens (tertiary/aromatic N) is 2. The fraction of sp³-hybridized carbons (Fsp3) is 0.182. The number of methoxy groups -OCH3 is 1. The van der Waals surface area contributed by atoms with Gasteiger partial charge in [-0.2, -0.15) is 4.98 Å². The number of hydrogen-bond acceptors (Lipinski definition) is 6. The predicted molar refractivity (Wildman–Crippen MR) is 61.6 cm³/mol. The molecule has 0 aliphatic rings. The van der Waals surface area contributed by atoms with E-state index in [-0.39, 0.29) is 23.1 Å². The van der Waals surface area contributed by atoms with Crippen LogP contribution in [0.4, 0.5) is 6.01 Å². The molecule has 7 nitrogen and oxygen atoms in total. The Hall–Kier alpha value is -2.57. The van der Waals surface area contributed by atoms with Crippen molar-refractivity contribution in [3.05, 3.63) is 29.6 Å². The molecular weight excluding hydrogens is 238 g/mol. The van der Waals surface area contributed by atoms with E-state index in [1.54, 1.807) is 19.1 Å². The third-order valence-electron chi connectivity index (χ3n) is 2.21. The second-order valence-electron chi connectivity index (χ2n) is 3.46. The Morgan fingerprint density at radius 1 is 1.50 bits per heavy atom. The standard InChI is InChI=1S/C11H11N3O4/c1-6-12-11(18-14-6)13-10(16)7-4-3-5-8(17-2)9(7)15/h3-5,15H,1-2H3,(H,12,13,14,16). The highest BCUT2D eigenvalue weighted by Gasteiger charge is 2.16. The summed E-state index contributed by atoms with van der Waals surface area (Å²) >= 11 is 0. The molecule has 2 rings (SSSR count). The van der Waals surface area contributed by atoms with E-state index < -0.39 is 5.91 Å². The van der Waals surface area contributed by atoms with Gasteiger partial charge in [0.1, 0.15) is 0 Å². The molecule has 0 aliphatic carbocycles. The molecule has 1 aromatic carbocycles. The van der Waals surface area contributed by atoms with Crippen LogP contribution in [0.15, 0.2) is 22.7 Å². The van der Waals surface area contributed by atoms with E-state index in [9.17, 15) is 9.90 Å². The molecule has 18 heavy (non-hydrogen) atoms. The van der Waals surface area contributed by atoms with Gasteiger partial charge in [0, 0.05) is 0 Å². The number of carbonyl (C=O) groups is 1. The Bertz CT molecular complexity index is 579. The van der Waals surface area contributed by atoms with Gasteiger partial charge in [0.05, 0.1) is 12.7 Å². The summed E-state index contributed by atoms with van der Waals surface area (Å²) in [7, 11) is 1.40. The van der Waals surface area contributed by atoms with E-state index in [2.05, 4.69) is 15.5 Å². The van der Waals surface area contributed by atoms with Crippen LogP contribution in [-0.4, -0.2) is 28.3 Å². The van der Waals surface area contributed by atoms with Crippen LogP contribution in [0.5, 0.6) is 11.5 Å².